The molecule has 2 rings (SSSR count). The maximum atomic E-state index is 11.2. The highest BCUT2D eigenvalue weighted by atomic mass is 35.5. The maximum Gasteiger partial charge on any atom is 0.225 e. The van der Waals surface area contributed by atoms with Gasteiger partial charge in [0, 0.05) is 23.4 Å². The molecule has 0 aliphatic heterocycles. The number of hydrogen-bond acceptors (Lipinski definition) is 6. The number of hydrogen-bond donors (Lipinski definition) is 2. The molecule has 0 saturated heterocycles. The molecule has 0 aromatic carbocycles. The van der Waals surface area contributed by atoms with Crippen molar-refractivity contribution in [3.63, 3.8) is 0 Å². The number of allylic oxidation sites excluding steroid dienone is 10. The summed E-state index contributed by atoms with van der Waals surface area (Å²) in [5.41, 5.74) is 3.51. The van der Waals surface area contributed by atoms with Crippen LogP contribution in [0.5, 0.6) is 0 Å². The van der Waals surface area contributed by atoms with E-state index < -0.39 is 0 Å². The fraction of sp³-hybridized carbons (Fsp3) is 0.320. The van der Waals surface area contributed by atoms with Gasteiger partial charge in [-0.3, -0.25) is 4.79 Å². The number of aromatic nitrogens is 3. The van der Waals surface area contributed by atoms with E-state index in [1.807, 2.05) is 38.3 Å². The van der Waals surface area contributed by atoms with Gasteiger partial charge in [0.25, 0.3) is 0 Å². The number of carbonyl (C=O) groups is 1. The van der Waals surface area contributed by atoms with E-state index >= 15 is 0 Å². The molecule has 0 unspecified atom stereocenters. The smallest absolute Gasteiger partial charge is 0.225 e. The molecular weight excluding hydrogens is 438 g/mol. The Kier molecular flexibility index (Phi) is 10.4. The minimum Gasteiger partial charge on any atom is -0.495 e. The molecule has 1 aliphatic rings. The predicted octanol–water partition coefficient (Wildman–Crippen LogP) is 5.16. The lowest BCUT2D eigenvalue weighted by Crippen LogP contribution is -2.22. The summed E-state index contributed by atoms with van der Waals surface area (Å²) in [6.07, 6.45) is 16.6. The van der Waals surface area contributed by atoms with Gasteiger partial charge in [-0.1, -0.05) is 54.1 Å². The zero-order valence-corrected chi connectivity index (χ0v) is 20.4. The van der Waals surface area contributed by atoms with E-state index in [0.29, 0.717) is 46.9 Å². The second kappa shape index (κ2) is 13.3. The molecule has 7 nitrogen and oxygen atoms in total. The molecule has 176 valence electrons. The monoisotopic (exact) mass is 469 g/mol. The van der Waals surface area contributed by atoms with Crippen LogP contribution in [0, 0.1) is 0 Å². The third kappa shape index (κ3) is 8.61. The Morgan fingerprint density at radius 1 is 1.39 bits per heavy atom. The van der Waals surface area contributed by atoms with E-state index in [9.17, 15) is 4.79 Å². The van der Waals surface area contributed by atoms with Gasteiger partial charge < -0.3 is 15.4 Å². The number of aryl methyl sites for hydroxylation is 1. The summed E-state index contributed by atoms with van der Waals surface area (Å²) in [5, 5.41) is 11.6. The van der Waals surface area contributed by atoms with Crippen molar-refractivity contribution in [3.05, 3.63) is 82.7 Å². The van der Waals surface area contributed by atoms with Crippen molar-refractivity contribution in [2.45, 2.75) is 33.1 Å². The number of nitrogens with zero attached hydrogens (tertiary/aromatic N) is 3. The first-order valence-corrected chi connectivity index (χ1v) is 11.1. The van der Waals surface area contributed by atoms with Crippen molar-refractivity contribution < 1.29 is 9.53 Å². The van der Waals surface area contributed by atoms with Gasteiger partial charge in [-0.25, -0.2) is 4.68 Å². The van der Waals surface area contributed by atoms with Crippen LogP contribution in [-0.2, 0) is 16.6 Å². The van der Waals surface area contributed by atoms with E-state index in [0.717, 1.165) is 24.7 Å². The number of nitrogens with one attached hydrogen (secondary N) is 2. The van der Waals surface area contributed by atoms with Gasteiger partial charge in [0.05, 0.1) is 19.4 Å². The zero-order valence-electron chi connectivity index (χ0n) is 19.7. The number of aldehydes is 1. The lowest BCUT2D eigenvalue weighted by molar-refractivity contribution is -0.104. The summed E-state index contributed by atoms with van der Waals surface area (Å²) in [7, 11) is 3.39. The first kappa shape index (κ1) is 25.9. The molecule has 1 aromatic rings. The first-order chi connectivity index (χ1) is 15.8. The molecule has 2 N–H and O–H groups in total. The molecule has 0 fully saturated rings. The standard InChI is InChI=1S/C25H32ClN5O2/c1-18-10-7-6-8-12-21(16-18)24-29-25(31(4)30-24)28-22(14-15-32)17-27-20(3)23(33-5)13-9-11-19(2)26/h6,8,10-15,27H,3,7,9,16-17H2,1-2,4-5H3,(H,28,29,30)/b8-6?,18-10-,19-11+,21-12+,22-14-,23-13+. The van der Waals surface area contributed by atoms with Gasteiger partial charge in [-0.15, -0.1) is 5.10 Å². The largest absolute Gasteiger partial charge is 0.495 e. The summed E-state index contributed by atoms with van der Waals surface area (Å²) in [6.45, 7) is 8.26. The van der Waals surface area contributed by atoms with Crippen molar-refractivity contribution in [1.29, 1.82) is 0 Å². The molecule has 0 bridgehead atoms. The summed E-state index contributed by atoms with van der Waals surface area (Å²) < 4.78 is 7.06. The Bertz CT molecular complexity index is 1040. The lowest BCUT2D eigenvalue weighted by Gasteiger charge is -2.15. The second-order valence-electron chi connectivity index (χ2n) is 7.55. The number of halogens is 1. The molecule has 0 amide bonds. The minimum absolute atomic E-state index is 0.318. The average Bonchev–Trinajstić information content (AvgIpc) is 3.11. The Labute approximate surface area is 200 Å². The topological polar surface area (TPSA) is 81.1 Å². The van der Waals surface area contributed by atoms with E-state index in [4.69, 9.17) is 16.3 Å². The number of methoxy groups -OCH3 is 1. The molecule has 33 heavy (non-hydrogen) atoms. The lowest BCUT2D eigenvalue weighted by atomic mass is 10.0. The van der Waals surface area contributed by atoms with Crippen LogP contribution in [0.2, 0.25) is 0 Å². The number of carbonyl (C=O) groups excluding carboxylic acids is 1. The Morgan fingerprint density at radius 2 is 2.18 bits per heavy atom. The number of ether oxygens (including phenoxy) is 1. The van der Waals surface area contributed by atoms with Gasteiger partial charge in [0.1, 0.15) is 12.0 Å². The molecule has 0 atom stereocenters. The van der Waals surface area contributed by atoms with Crippen LogP contribution in [0.25, 0.3) is 5.57 Å². The minimum atomic E-state index is 0.318. The second-order valence-corrected chi connectivity index (χ2v) is 8.15. The molecular formula is C25H32ClN5O2. The molecule has 1 aromatic heterocycles. The Hall–Kier alpha value is -3.32. The summed E-state index contributed by atoms with van der Waals surface area (Å²) in [6, 6.07) is 0. The van der Waals surface area contributed by atoms with Crippen molar-refractivity contribution in [1.82, 2.24) is 20.1 Å². The number of anilines is 1. The first-order valence-electron chi connectivity index (χ1n) is 10.7. The van der Waals surface area contributed by atoms with Crippen LogP contribution < -0.4 is 10.6 Å². The highest BCUT2D eigenvalue weighted by Crippen LogP contribution is 2.23. The number of rotatable bonds is 11. The van der Waals surface area contributed by atoms with Crippen molar-refractivity contribution in [2.75, 3.05) is 19.0 Å². The third-order valence-corrected chi connectivity index (χ3v) is 4.96. The Morgan fingerprint density at radius 3 is 2.88 bits per heavy atom. The van der Waals surface area contributed by atoms with Crippen LogP contribution in [0.4, 0.5) is 5.95 Å². The molecule has 0 saturated carbocycles. The van der Waals surface area contributed by atoms with E-state index in [1.165, 1.54) is 11.6 Å². The van der Waals surface area contributed by atoms with Gasteiger partial charge in [-0.2, -0.15) is 4.98 Å². The molecule has 0 spiro atoms. The van der Waals surface area contributed by atoms with Crippen LogP contribution in [0.15, 0.2) is 76.9 Å². The fourth-order valence-electron chi connectivity index (χ4n) is 3.06. The van der Waals surface area contributed by atoms with Crippen LogP contribution in [0.3, 0.4) is 0 Å². The molecule has 1 aliphatic carbocycles. The fourth-order valence-corrected chi connectivity index (χ4v) is 3.15. The van der Waals surface area contributed by atoms with Crippen LogP contribution in [0.1, 0.15) is 38.9 Å². The van der Waals surface area contributed by atoms with Gasteiger partial charge >= 0.3 is 0 Å². The van der Waals surface area contributed by atoms with Crippen molar-refractivity contribution in [2.24, 2.45) is 7.05 Å². The van der Waals surface area contributed by atoms with Crippen molar-refractivity contribution in [3.8, 4) is 0 Å². The molecule has 1 heterocycles. The van der Waals surface area contributed by atoms with Gasteiger partial charge in [0.15, 0.2) is 5.82 Å². The quantitative estimate of drug-likeness (QED) is 0.153. The van der Waals surface area contributed by atoms with Crippen LogP contribution >= 0.6 is 11.6 Å². The molecule has 0 radical (unpaired) electrons. The van der Waals surface area contributed by atoms with E-state index in [1.54, 1.807) is 11.8 Å². The highest BCUT2D eigenvalue weighted by Gasteiger charge is 2.14. The highest BCUT2D eigenvalue weighted by molar-refractivity contribution is 6.29. The zero-order chi connectivity index (χ0) is 24.2. The summed E-state index contributed by atoms with van der Waals surface area (Å²) in [4.78, 5) is 15.8. The maximum absolute atomic E-state index is 11.2. The molecule has 8 heteroatoms. The SMILES string of the molecule is C=C(NC/C(=C/C=O)Nc1nc(/C2=C/C=CC/C=C(/C)C2)nn1C)/C(=C\C/C=C(\C)Cl)OC. The summed E-state index contributed by atoms with van der Waals surface area (Å²) in [5.74, 6) is 1.78. The normalized spacial score (nSPS) is 18.4. The predicted molar refractivity (Wildman–Crippen MR) is 135 cm³/mol. The van der Waals surface area contributed by atoms with Crippen molar-refractivity contribution >= 4 is 29.4 Å². The Balaban J connectivity index is 2.10. The third-order valence-electron chi connectivity index (χ3n) is 4.81. The average molecular weight is 470 g/mol. The van der Waals surface area contributed by atoms with Gasteiger partial charge in [-0.05, 0) is 45.3 Å². The summed E-state index contributed by atoms with van der Waals surface area (Å²) >= 11 is 5.87. The van der Waals surface area contributed by atoms with E-state index in [2.05, 4.69) is 46.4 Å². The van der Waals surface area contributed by atoms with Gasteiger partial charge in [0.2, 0.25) is 5.95 Å². The van der Waals surface area contributed by atoms with Crippen LogP contribution in [-0.4, -0.2) is 34.7 Å². The van der Waals surface area contributed by atoms with E-state index in [-0.39, 0.29) is 0 Å².